The van der Waals surface area contributed by atoms with E-state index in [9.17, 15) is 9.59 Å². The van der Waals surface area contributed by atoms with Crippen LogP contribution < -0.4 is 10.9 Å². The fourth-order valence-electron chi connectivity index (χ4n) is 6.16. The number of imidazole rings is 1. The molecule has 0 spiro atoms. The molecule has 4 saturated heterocycles. The maximum absolute atomic E-state index is 12.8. The predicted octanol–water partition coefficient (Wildman–Crippen LogP) is 3.64. The number of hydrogen-bond donors (Lipinski definition) is 2. The van der Waals surface area contributed by atoms with Crippen molar-refractivity contribution in [3.63, 3.8) is 0 Å². The van der Waals surface area contributed by atoms with Crippen LogP contribution in [0.3, 0.4) is 0 Å². The van der Waals surface area contributed by atoms with E-state index in [2.05, 4.69) is 44.0 Å². The number of nitrogens with zero attached hydrogens (tertiary/aromatic N) is 4. The van der Waals surface area contributed by atoms with E-state index in [4.69, 9.17) is 18.5 Å². The summed E-state index contributed by atoms with van der Waals surface area (Å²) in [7, 11) is -1.32. The number of fused-ring (bicyclic) bond motifs is 4. The highest BCUT2D eigenvalue weighted by Gasteiger charge is 2.64. The smallest absolute Gasteiger partial charge is 0.280 e. The summed E-state index contributed by atoms with van der Waals surface area (Å²) in [5, 5.41) is 2.67. The van der Waals surface area contributed by atoms with Crippen molar-refractivity contribution >= 4 is 31.5 Å². The zero-order valence-electron chi connectivity index (χ0n) is 22.6. The predicted molar refractivity (Wildman–Crippen MR) is 146 cm³/mol. The average Bonchev–Trinajstić information content (AvgIpc) is 3.76. The van der Waals surface area contributed by atoms with Gasteiger partial charge >= 0.3 is 0 Å². The van der Waals surface area contributed by atoms with Crippen LogP contribution in [-0.4, -0.2) is 67.1 Å². The minimum Gasteiger partial charge on any atom is -0.368 e. The number of aromatic amines is 1. The van der Waals surface area contributed by atoms with E-state index in [1.165, 1.54) is 11.9 Å². The monoisotopic (exact) mass is 568 g/mol. The van der Waals surface area contributed by atoms with Gasteiger partial charge < -0.3 is 18.5 Å². The largest absolute Gasteiger partial charge is 0.368 e. The van der Waals surface area contributed by atoms with Crippen LogP contribution in [0.4, 0.5) is 5.95 Å². The molecule has 7 rings (SSSR count). The van der Waals surface area contributed by atoms with Crippen LogP contribution in [0, 0.1) is 5.92 Å². The van der Waals surface area contributed by atoms with Crippen LogP contribution >= 0.6 is 8.53 Å². The molecule has 12 nitrogen and oxygen atoms in total. The molecule has 2 N–H and O–H groups in total. The highest BCUT2D eigenvalue weighted by Crippen LogP contribution is 2.63. The maximum Gasteiger partial charge on any atom is 0.280 e. The van der Waals surface area contributed by atoms with Crippen molar-refractivity contribution in [3.05, 3.63) is 52.6 Å². The third-order valence-electron chi connectivity index (χ3n) is 8.41. The molecule has 4 aliphatic heterocycles. The molecule has 13 heteroatoms. The average molecular weight is 569 g/mol. The van der Waals surface area contributed by atoms with E-state index < -0.39 is 32.0 Å². The maximum atomic E-state index is 12.8. The molecule has 1 amide bonds. The van der Waals surface area contributed by atoms with Gasteiger partial charge in [0.2, 0.25) is 11.9 Å². The second-order valence-electron chi connectivity index (χ2n) is 11.2. The van der Waals surface area contributed by atoms with E-state index in [-0.39, 0.29) is 41.5 Å². The number of carbonyl (C=O) groups excluding carboxylic acids is 1. The molecule has 0 radical (unpaired) electrons. The number of aromatic nitrogens is 4. The fraction of sp³-hybridized carbons (Fsp3) is 0.556. The first-order valence-corrected chi connectivity index (χ1v) is 15.0. The minimum atomic E-state index is -1.32. The molecular weight excluding hydrogens is 535 g/mol. The fourth-order valence-corrected chi connectivity index (χ4v) is 8.20. The lowest BCUT2D eigenvalue weighted by molar-refractivity contribution is -0.172. The molecule has 4 unspecified atom stereocenters. The Morgan fingerprint density at radius 1 is 1.32 bits per heavy atom. The number of amides is 1. The zero-order chi connectivity index (χ0) is 27.6. The molecule has 4 fully saturated rings. The molecule has 7 atom stereocenters. The SMILES string of the molecule is CC[C@@]12COC([C@H](n3cnc4c(=O)[nH]c(NC(=O)C(C)C)nc43)O1)[C@H]2OP1OC(c2ccccc2)C2CCCN21. The zero-order valence-corrected chi connectivity index (χ0v) is 23.5. The molecule has 1 aromatic carbocycles. The van der Waals surface area contributed by atoms with Gasteiger partial charge in [-0.05, 0) is 24.8 Å². The summed E-state index contributed by atoms with van der Waals surface area (Å²) in [4.78, 5) is 36.4. The quantitative estimate of drug-likeness (QED) is 0.410. The van der Waals surface area contributed by atoms with Crippen molar-refractivity contribution in [1.82, 2.24) is 24.2 Å². The van der Waals surface area contributed by atoms with Crippen LogP contribution in [-0.2, 0) is 23.3 Å². The van der Waals surface area contributed by atoms with Gasteiger partial charge in [0.25, 0.3) is 14.1 Å². The Morgan fingerprint density at radius 3 is 2.92 bits per heavy atom. The number of anilines is 1. The Kier molecular flexibility index (Phi) is 6.53. The molecule has 0 aliphatic carbocycles. The second kappa shape index (κ2) is 9.97. The summed E-state index contributed by atoms with van der Waals surface area (Å²) in [6.45, 7) is 6.94. The van der Waals surface area contributed by atoms with Gasteiger partial charge in [-0.25, -0.2) is 9.65 Å². The van der Waals surface area contributed by atoms with E-state index >= 15 is 0 Å². The molecule has 212 valence electrons. The Morgan fingerprint density at radius 2 is 2.15 bits per heavy atom. The second-order valence-corrected chi connectivity index (χ2v) is 12.6. The summed E-state index contributed by atoms with van der Waals surface area (Å²) < 4.78 is 30.5. The van der Waals surface area contributed by atoms with Gasteiger partial charge in [-0.2, -0.15) is 4.98 Å². The van der Waals surface area contributed by atoms with Crippen molar-refractivity contribution in [3.8, 4) is 0 Å². The summed E-state index contributed by atoms with van der Waals surface area (Å²) in [6.07, 6.45) is 2.94. The number of H-pyrrole nitrogens is 1. The van der Waals surface area contributed by atoms with E-state index in [1.54, 1.807) is 18.4 Å². The van der Waals surface area contributed by atoms with Crippen LogP contribution in [0.25, 0.3) is 11.2 Å². The highest BCUT2D eigenvalue weighted by atomic mass is 31.2. The van der Waals surface area contributed by atoms with Gasteiger partial charge in [-0.1, -0.05) is 51.1 Å². The Labute approximate surface area is 232 Å². The number of ether oxygens (including phenoxy) is 2. The van der Waals surface area contributed by atoms with E-state index in [0.29, 0.717) is 18.7 Å². The van der Waals surface area contributed by atoms with E-state index in [1.807, 2.05) is 18.2 Å². The van der Waals surface area contributed by atoms with Crippen LogP contribution in [0.2, 0.25) is 0 Å². The van der Waals surface area contributed by atoms with Crippen molar-refractivity contribution in [2.24, 2.45) is 5.92 Å². The minimum absolute atomic E-state index is 0.0305. The molecule has 40 heavy (non-hydrogen) atoms. The highest BCUT2D eigenvalue weighted by molar-refractivity contribution is 7.45. The Bertz CT molecular complexity index is 1480. The first-order valence-electron chi connectivity index (χ1n) is 13.9. The Hall–Kier alpha value is -2.73. The van der Waals surface area contributed by atoms with Gasteiger partial charge in [0.1, 0.15) is 23.9 Å². The van der Waals surface area contributed by atoms with Crippen molar-refractivity contribution in [1.29, 1.82) is 0 Å². The number of nitrogens with one attached hydrogen (secondary N) is 2. The number of hydrogen-bond acceptors (Lipinski definition) is 9. The third kappa shape index (κ3) is 4.12. The third-order valence-corrected chi connectivity index (χ3v) is 10.1. The van der Waals surface area contributed by atoms with E-state index in [0.717, 1.165) is 19.4 Å². The molecule has 2 bridgehead atoms. The van der Waals surface area contributed by atoms with Gasteiger partial charge in [0, 0.05) is 18.5 Å². The van der Waals surface area contributed by atoms with Crippen LogP contribution in [0.1, 0.15) is 57.9 Å². The molecule has 4 aliphatic rings. The summed E-state index contributed by atoms with van der Waals surface area (Å²) in [6, 6.07) is 10.6. The van der Waals surface area contributed by atoms with Crippen LogP contribution in [0.15, 0.2) is 41.5 Å². The first kappa shape index (κ1) is 26.2. The summed E-state index contributed by atoms with van der Waals surface area (Å²) in [5.74, 6) is -0.457. The lowest BCUT2D eigenvalue weighted by Gasteiger charge is -2.31. The normalized spacial score (nSPS) is 33.3. The van der Waals surface area contributed by atoms with Gasteiger partial charge in [0.05, 0.1) is 12.9 Å². The van der Waals surface area contributed by atoms with Crippen molar-refractivity contribution in [2.45, 2.75) is 76.2 Å². The first-order chi connectivity index (χ1) is 19.4. The van der Waals surface area contributed by atoms with Gasteiger partial charge in [0.15, 0.2) is 17.4 Å². The van der Waals surface area contributed by atoms with Gasteiger partial charge in [-0.15, -0.1) is 0 Å². The lowest BCUT2D eigenvalue weighted by Crippen LogP contribution is -2.41. The standard InChI is InChI=1S/C27H33N6O6P/c1-4-27-13-36-20(21(27)39-40-33-12-8-11-17(33)19(38-40)16-9-6-5-7-10-16)25(37-27)32-14-28-18-22(32)29-26(31-24(18)35)30-23(34)15(2)3/h5-7,9-10,14-15,17,19-21,25H,4,8,11-13H2,1-3H3,(H2,29,30,31,34,35)/t17?,19?,20?,21-,25-,27+,40?/m1/s1. The Balaban J connectivity index is 1.18. The number of carbonyl (C=O) groups is 1. The van der Waals surface area contributed by atoms with Crippen molar-refractivity contribution in [2.75, 3.05) is 18.5 Å². The van der Waals surface area contributed by atoms with Crippen LogP contribution in [0.5, 0.6) is 0 Å². The number of rotatable bonds is 7. The topological polar surface area (TPSA) is 133 Å². The van der Waals surface area contributed by atoms with Crippen molar-refractivity contribution < 1.29 is 23.3 Å². The summed E-state index contributed by atoms with van der Waals surface area (Å²) in [5.41, 5.74) is 0.513. The summed E-state index contributed by atoms with van der Waals surface area (Å²) >= 11 is 0. The number of benzene rings is 1. The molecule has 3 aromatic rings. The van der Waals surface area contributed by atoms with Gasteiger partial charge in [-0.3, -0.25) is 24.5 Å². The molecular formula is C27H33N6O6P. The molecule has 2 aromatic heterocycles. The molecule has 0 saturated carbocycles. The lowest BCUT2D eigenvalue weighted by atomic mass is 9.96. The molecule has 6 heterocycles.